The highest BCUT2D eigenvalue weighted by Gasteiger charge is 2.61. The molecule has 4 rings (SSSR count). The molecule has 3 nitrogen and oxygen atoms in total. The Kier molecular flexibility index (Phi) is 3.85. The molecule has 126 valence electrons. The van der Waals surface area contributed by atoms with Gasteiger partial charge in [0.15, 0.2) is 0 Å². The number of amides is 1. The van der Waals surface area contributed by atoms with Gasteiger partial charge < -0.3 is 10.2 Å². The van der Waals surface area contributed by atoms with E-state index in [0.717, 1.165) is 26.1 Å². The van der Waals surface area contributed by atoms with Crippen molar-refractivity contribution < 1.29 is 4.79 Å². The molecule has 2 aliphatic carbocycles. The van der Waals surface area contributed by atoms with Gasteiger partial charge in [-0.3, -0.25) is 4.79 Å². The van der Waals surface area contributed by atoms with Crippen LogP contribution in [0.1, 0.15) is 59.3 Å². The van der Waals surface area contributed by atoms with E-state index in [1.807, 2.05) is 0 Å². The zero-order valence-electron chi connectivity index (χ0n) is 14.3. The molecule has 1 amide bonds. The van der Waals surface area contributed by atoms with Gasteiger partial charge in [-0.15, -0.1) is 12.4 Å². The Hall–Kier alpha value is -0.280. The molecule has 2 saturated carbocycles. The van der Waals surface area contributed by atoms with Crippen LogP contribution in [0.25, 0.3) is 0 Å². The summed E-state index contributed by atoms with van der Waals surface area (Å²) in [6.45, 7) is 10.4. The first-order valence-corrected chi connectivity index (χ1v) is 8.84. The predicted molar refractivity (Wildman–Crippen MR) is 91.1 cm³/mol. The van der Waals surface area contributed by atoms with Crippen molar-refractivity contribution in [2.24, 2.45) is 22.2 Å². The van der Waals surface area contributed by atoms with Gasteiger partial charge in [0.25, 0.3) is 0 Å². The predicted octanol–water partition coefficient (Wildman–Crippen LogP) is 3.23. The van der Waals surface area contributed by atoms with E-state index in [-0.39, 0.29) is 12.4 Å². The molecule has 3 unspecified atom stereocenters. The van der Waals surface area contributed by atoms with Gasteiger partial charge in [-0.2, -0.15) is 0 Å². The van der Waals surface area contributed by atoms with Crippen LogP contribution < -0.4 is 5.32 Å². The topological polar surface area (TPSA) is 32.3 Å². The van der Waals surface area contributed by atoms with Crippen molar-refractivity contribution in [1.82, 2.24) is 10.2 Å². The van der Waals surface area contributed by atoms with Crippen LogP contribution in [-0.4, -0.2) is 36.5 Å². The summed E-state index contributed by atoms with van der Waals surface area (Å²) in [7, 11) is 0. The highest BCUT2D eigenvalue weighted by molar-refractivity contribution is 5.85. The van der Waals surface area contributed by atoms with E-state index in [0.29, 0.717) is 34.1 Å². The van der Waals surface area contributed by atoms with Gasteiger partial charge in [-0.25, -0.2) is 0 Å². The van der Waals surface area contributed by atoms with Crippen LogP contribution >= 0.6 is 12.4 Å². The second-order valence-electron chi connectivity index (χ2n) is 9.55. The Balaban J connectivity index is 0.00000144. The van der Waals surface area contributed by atoms with E-state index in [1.165, 1.54) is 32.1 Å². The Labute approximate surface area is 141 Å². The molecule has 2 heterocycles. The first-order valence-electron chi connectivity index (χ1n) is 8.84. The van der Waals surface area contributed by atoms with E-state index in [9.17, 15) is 4.79 Å². The van der Waals surface area contributed by atoms with Crippen LogP contribution in [0.3, 0.4) is 0 Å². The molecule has 2 aliphatic heterocycles. The number of hydrogen-bond acceptors (Lipinski definition) is 2. The fourth-order valence-corrected chi connectivity index (χ4v) is 6.09. The normalized spacial score (nSPS) is 41.1. The Bertz CT molecular complexity index is 472. The molecule has 1 spiro atoms. The van der Waals surface area contributed by atoms with Crippen molar-refractivity contribution in [2.75, 3.05) is 19.6 Å². The SMILES string of the molecule is CC1(C)CC2CC(C)(CN2C(=O)C2CC23CCNCC3)C1.Cl. The summed E-state index contributed by atoms with van der Waals surface area (Å²) < 4.78 is 0. The molecule has 4 aliphatic rings. The fourth-order valence-electron chi connectivity index (χ4n) is 6.09. The quantitative estimate of drug-likeness (QED) is 0.802. The number of carbonyl (C=O) groups excluding carboxylic acids is 1. The van der Waals surface area contributed by atoms with Crippen LogP contribution in [-0.2, 0) is 4.79 Å². The van der Waals surface area contributed by atoms with Crippen molar-refractivity contribution in [3.63, 3.8) is 0 Å². The first kappa shape index (κ1) is 16.6. The minimum absolute atomic E-state index is 0. The summed E-state index contributed by atoms with van der Waals surface area (Å²) in [5, 5.41) is 3.44. The average molecular weight is 327 g/mol. The van der Waals surface area contributed by atoms with E-state index >= 15 is 0 Å². The van der Waals surface area contributed by atoms with Crippen molar-refractivity contribution in [1.29, 1.82) is 0 Å². The van der Waals surface area contributed by atoms with Crippen molar-refractivity contribution in [3.8, 4) is 0 Å². The second-order valence-corrected chi connectivity index (χ2v) is 9.55. The average Bonchev–Trinajstić information content (AvgIpc) is 2.99. The number of likely N-dealkylation sites (tertiary alicyclic amines) is 1. The van der Waals surface area contributed by atoms with Crippen LogP contribution in [0.15, 0.2) is 0 Å². The number of carbonyl (C=O) groups is 1. The Morgan fingerprint density at radius 3 is 2.45 bits per heavy atom. The standard InChI is InChI=1S/C18H30N2O.ClH/c1-16(2)8-13-9-17(3,11-16)12-20(13)15(21)14-10-18(14)4-6-19-7-5-18;/h13-14,19H,4-12H2,1-3H3;1H. The molecule has 1 N–H and O–H groups in total. The largest absolute Gasteiger partial charge is 0.339 e. The Morgan fingerprint density at radius 2 is 1.77 bits per heavy atom. The summed E-state index contributed by atoms with van der Waals surface area (Å²) in [4.78, 5) is 15.4. The highest BCUT2D eigenvalue weighted by atomic mass is 35.5. The number of nitrogens with zero attached hydrogens (tertiary/aromatic N) is 1. The highest BCUT2D eigenvalue weighted by Crippen LogP contribution is 2.61. The first-order chi connectivity index (χ1) is 9.83. The van der Waals surface area contributed by atoms with Gasteiger partial charge in [0.1, 0.15) is 0 Å². The third-order valence-electron chi connectivity index (χ3n) is 6.79. The van der Waals surface area contributed by atoms with E-state index < -0.39 is 0 Å². The summed E-state index contributed by atoms with van der Waals surface area (Å²) >= 11 is 0. The molecule has 4 heteroatoms. The lowest BCUT2D eigenvalue weighted by atomic mass is 9.65. The summed E-state index contributed by atoms with van der Waals surface area (Å²) in [6, 6.07) is 0.519. The maximum atomic E-state index is 13.1. The summed E-state index contributed by atoms with van der Waals surface area (Å²) in [5.74, 6) is 0.856. The molecule has 2 bridgehead atoms. The van der Waals surface area contributed by atoms with Crippen LogP contribution in [0.2, 0.25) is 0 Å². The maximum absolute atomic E-state index is 13.1. The van der Waals surface area contributed by atoms with E-state index in [2.05, 4.69) is 31.0 Å². The van der Waals surface area contributed by atoms with Crippen molar-refractivity contribution in [2.45, 2.75) is 65.3 Å². The minimum Gasteiger partial charge on any atom is -0.339 e. The number of piperidine rings is 1. The summed E-state index contributed by atoms with van der Waals surface area (Å²) in [5.41, 5.74) is 1.16. The molecule has 0 aromatic carbocycles. The number of rotatable bonds is 1. The number of halogens is 1. The van der Waals surface area contributed by atoms with Crippen molar-refractivity contribution >= 4 is 18.3 Å². The zero-order chi connectivity index (χ0) is 14.9. The smallest absolute Gasteiger partial charge is 0.226 e. The lowest BCUT2D eigenvalue weighted by Crippen LogP contribution is -2.40. The van der Waals surface area contributed by atoms with Gasteiger partial charge in [0.05, 0.1) is 0 Å². The fraction of sp³-hybridized carbons (Fsp3) is 0.944. The molecule has 22 heavy (non-hydrogen) atoms. The van der Waals surface area contributed by atoms with E-state index in [4.69, 9.17) is 0 Å². The molecular weight excluding hydrogens is 296 g/mol. The molecular formula is C18H31ClN2O. The van der Waals surface area contributed by atoms with Gasteiger partial charge in [-0.05, 0) is 67.9 Å². The van der Waals surface area contributed by atoms with Crippen LogP contribution in [0, 0.1) is 22.2 Å². The van der Waals surface area contributed by atoms with E-state index in [1.54, 1.807) is 0 Å². The molecule has 0 aromatic heterocycles. The molecule has 4 fully saturated rings. The van der Waals surface area contributed by atoms with Gasteiger partial charge in [0.2, 0.25) is 5.91 Å². The van der Waals surface area contributed by atoms with Gasteiger partial charge in [-0.1, -0.05) is 20.8 Å². The molecule has 2 saturated heterocycles. The molecule has 0 aromatic rings. The third-order valence-corrected chi connectivity index (χ3v) is 6.79. The molecule has 0 radical (unpaired) electrons. The van der Waals surface area contributed by atoms with Crippen molar-refractivity contribution in [3.05, 3.63) is 0 Å². The maximum Gasteiger partial charge on any atom is 0.226 e. The molecule has 3 atom stereocenters. The monoisotopic (exact) mass is 326 g/mol. The van der Waals surface area contributed by atoms with Gasteiger partial charge >= 0.3 is 0 Å². The summed E-state index contributed by atoms with van der Waals surface area (Å²) in [6.07, 6.45) is 7.31. The number of fused-ring (bicyclic) bond motifs is 2. The lowest BCUT2D eigenvalue weighted by molar-refractivity contribution is -0.134. The van der Waals surface area contributed by atoms with Crippen LogP contribution in [0.5, 0.6) is 0 Å². The van der Waals surface area contributed by atoms with Crippen LogP contribution in [0.4, 0.5) is 0 Å². The minimum atomic E-state index is 0. The number of nitrogens with one attached hydrogen (secondary N) is 1. The Morgan fingerprint density at radius 1 is 1.09 bits per heavy atom. The zero-order valence-corrected chi connectivity index (χ0v) is 15.1. The lowest BCUT2D eigenvalue weighted by Gasteiger charge is -2.39. The third kappa shape index (κ3) is 2.58. The number of hydrogen-bond donors (Lipinski definition) is 1. The van der Waals surface area contributed by atoms with Gasteiger partial charge in [0, 0.05) is 18.5 Å². The second kappa shape index (κ2) is 5.11.